The third-order valence-electron chi connectivity index (χ3n) is 6.21. The summed E-state index contributed by atoms with van der Waals surface area (Å²) in [6.45, 7) is 4.34. The highest BCUT2D eigenvalue weighted by Crippen LogP contribution is 2.33. The van der Waals surface area contributed by atoms with Gasteiger partial charge in [-0.25, -0.2) is 13.8 Å². The monoisotopic (exact) mass is 497 g/mol. The van der Waals surface area contributed by atoms with Crippen LogP contribution in [-0.2, 0) is 24.3 Å². The fourth-order valence-corrected chi connectivity index (χ4v) is 5.98. The van der Waals surface area contributed by atoms with Crippen LogP contribution in [0.4, 0.5) is 4.39 Å². The Kier molecular flexibility index (Phi) is 5.65. The third-order valence-corrected chi connectivity index (χ3v) is 7.68. The molecule has 0 N–H and O–H groups in total. The summed E-state index contributed by atoms with van der Waals surface area (Å²) in [5, 5.41) is 0.881. The van der Waals surface area contributed by atoms with Gasteiger partial charge in [-0.2, -0.15) is 0 Å². The van der Waals surface area contributed by atoms with Gasteiger partial charge in [-0.05, 0) is 54.3 Å². The number of thiophene rings is 1. The fourth-order valence-electron chi connectivity index (χ4n) is 4.47. The molecule has 9 heteroatoms. The molecule has 0 radical (unpaired) electrons. The maximum atomic E-state index is 13.9. The molecule has 2 aromatic heterocycles. The molecular formula is C25H21ClFN3O3S. The van der Waals surface area contributed by atoms with Crippen LogP contribution in [-0.4, -0.2) is 26.5 Å². The molecule has 1 amide bonds. The first-order chi connectivity index (χ1) is 16.2. The van der Waals surface area contributed by atoms with E-state index in [1.54, 1.807) is 35.2 Å². The molecule has 34 heavy (non-hydrogen) atoms. The molecule has 0 aliphatic carbocycles. The highest BCUT2D eigenvalue weighted by molar-refractivity contribution is 7.18. The average molecular weight is 498 g/mol. The van der Waals surface area contributed by atoms with Gasteiger partial charge in [0.15, 0.2) is 0 Å². The van der Waals surface area contributed by atoms with E-state index in [4.69, 9.17) is 11.6 Å². The standard InChI is InChI=1S/C25H21ClFN3O3S/c1-14-6-7-17(26)11-20(14)30-23(32)22-19-8-9-28(15(2)31)13-21(19)34-24(22)29(25(30)33)12-16-4-3-5-18(27)10-16/h3-7,10-11H,8-9,12-13H2,1-2H3. The van der Waals surface area contributed by atoms with E-state index in [0.29, 0.717) is 46.0 Å². The van der Waals surface area contributed by atoms with Crippen LogP contribution in [0.2, 0.25) is 5.02 Å². The number of aryl methyl sites for hydroxylation is 1. The van der Waals surface area contributed by atoms with Gasteiger partial charge in [-0.1, -0.05) is 29.8 Å². The van der Waals surface area contributed by atoms with Crippen molar-refractivity contribution in [2.45, 2.75) is 33.4 Å². The highest BCUT2D eigenvalue weighted by Gasteiger charge is 2.28. The first kappa shape index (κ1) is 22.6. The lowest BCUT2D eigenvalue weighted by Gasteiger charge is -2.25. The van der Waals surface area contributed by atoms with E-state index in [2.05, 4.69) is 0 Å². The summed E-state index contributed by atoms with van der Waals surface area (Å²) < 4.78 is 16.6. The van der Waals surface area contributed by atoms with Crippen molar-refractivity contribution in [1.29, 1.82) is 0 Å². The van der Waals surface area contributed by atoms with Gasteiger partial charge < -0.3 is 4.90 Å². The summed E-state index contributed by atoms with van der Waals surface area (Å²) in [5.74, 6) is -0.435. The van der Waals surface area contributed by atoms with Gasteiger partial charge in [0.25, 0.3) is 5.56 Å². The van der Waals surface area contributed by atoms with Crippen LogP contribution in [0, 0.1) is 12.7 Å². The summed E-state index contributed by atoms with van der Waals surface area (Å²) in [4.78, 5) is 42.7. The van der Waals surface area contributed by atoms with Crippen molar-refractivity contribution in [1.82, 2.24) is 14.0 Å². The fraction of sp³-hybridized carbons (Fsp3) is 0.240. The quantitative estimate of drug-likeness (QED) is 0.424. The lowest BCUT2D eigenvalue weighted by Crippen LogP contribution is -2.39. The zero-order chi connectivity index (χ0) is 24.1. The molecule has 0 atom stereocenters. The molecule has 0 saturated carbocycles. The van der Waals surface area contributed by atoms with Gasteiger partial charge in [0.1, 0.15) is 10.6 Å². The Morgan fingerprint density at radius 2 is 1.97 bits per heavy atom. The normalized spacial score (nSPS) is 13.4. The molecule has 3 heterocycles. The van der Waals surface area contributed by atoms with Crippen molar-refractivity contribution >= 4 is 39.1 Å². The molecule has 0 spiro atoms. The number of fused-ring (bicyclic) bond motifs is 3. The molecule has 4 aromatic rings. The van der Waals surface area contributed by atoms with Crippen LogP contribution in [0.25, 0.3) is 15.9 Å². The van der Waals surface area contributed by atoms with Crippen LogP contribution in [0.3, 0.4) is 0 Å². The average Bonchev–Trinajstić information content (AvgIpc) is 3.18. The number of amides is 1. The summed E-state index contributed by atoms with van der Waals surface area (Å²) >= 11 is 7.56. The van der Waals surface area contributed by atoms with Crippen molar-refractivity contribution in [3.8, 4) is 5.69 Å². The number of benzene rings is 2. The topological polar surface area (TPSA) is 64.3 Å². The molecule has 6 nitrogen and oxygen atoms in total. The summed E-state index contributed by atoms with van der Waals surface area (Å²) in [5.41, 5.74) is 1.69. The lowest BCUT2D eigenvalue weighted by molar-refractivity contribution is -0.129. The Bertz CT molecular complexity index is 1590. The Morgan fingerprint density at radius 1 is 1.18 bits per heavy atom. The molecule has 2 aromatic carbocycles. The minimum atomic E-state index is -0.519. The summed E-state index contributed by atoms with van der Waals surface area (Å²) in [6, 6.07) is 11.1. The van der Waals surface area contributed by atoms with E-state index in [1.165, 1.54) is 35.0 Å². The smallest absolute Gasteiger partial charge is 0.337 e. The van der Waals surface area contributed by atoms with E-state index in [9.17, 15) is 18.8 Å². The summed E-state index contributed by atoms with van der Waals surface area (Å²) in [6.07, 6.45) is 0.525. The van der Waals surface area contributed by atoms with Crippen molar-refractivity contribution in [2.75, 3.05) is 6.54 Å². The number of hydrogen-bond donors (Lipinski definition) is 0. The zero-order valence-electron chi connectivity index (χ0n) is 18.6. The molecule has 1 aliphatic heterocycles. The second-order valence-corrected chi connectivity index (χ2v) is 9.96. The van der Waals surface area contributed by atoms with Gasteiger partial charge in [-0.3, -0.25) is 14.2 Å². The van der Waals surface area contributed by atoms with E-state index < -0.39 is 17.1 Å². The van der Waals surface area contributed by atoms with Crippen molar-refractivity contribution in [3.63, 3.8) is 0 Å². The third kappa shape index (κ3) is 3.76. The van der Waals surface area contributed by atoms with Crippen LogP contribution < -0.4 is 11.2 Å². The molecule has 1 aliphatic rings. The number of carbonyl (C=O) groups is 1. The molecule has 5 rings (SSSR count). The molecule has 0 saturated heterocycles. The van der Waals surface area contributed by atoms with Crippen LogP contribution in [0.5, 0.6) is 0 Å². The van der Waals surface area contributed by atoms with Gasteiger partial charge in [0.2, 0.25) is 5.91 Å². The number of halogens is 2. The number of rotatable bonds is 3. The minimum absolute atomic E-state index is 0.0350. The molecule has 174 valence electrons. The number of hydrogen-bond acceptors (Lipinski definition) is 4. The Hall–Kier alpha value is -3.23. The second-order valence-electron chi connectivity index (χ2n) is 8.44. The Morgan fingerprint density at radius 3 is 2.71 bits per heavy atom. The minimum Gasteiger partial charge on any atom is -0.337 e. The predicted molar refractivity (Wildman–Crippen MR) is 132 cm³/mol. The Labute approximate surface area is 203 Å². The van der Waals surface area contributed by atoms with Crippen LogP contribution in [0.1, 0.15) is 28.5 Å². The van der Waals surface area contributed by atoms with Gasteiger partial charge >= 0.3 is 5.69 Å². The second kappa shape index (κ2) is 8.52. The first-order valence-electron chi connectivity index (χ1n) is 10.8. The number of nitrogens with zero attached hydrogens (tertiary/aromatic N) is 3. The van der Waals surface area contributed by atoms with Crippen LogP contribution in [0.15, 0.2) is 52.1 Å². The molecule has 0 fully saturated rings. The first-order valence-corrected chi connectivity index (χ1v) is 12.0. The maximum absolute atomic E-state index is 13.9. The molecule has 0 unspecified atom stereocenters. The molecular weight excluding hydrogens is 477 g/mol. The molecule has 0 bridgehead atoms. The highest BCUT2D eigenvalue weighted by atomic mass is 35.5. The van der Waals surface area contributed by atoms with Gasteiger partial charge in [-0.15, -0.1) is 11.3 Å². The van der Waals surface area contributed by atoms with Gasteiger partial charge in [0.05, 0.1) is 24.2 Å². The van der Waals surface area contributed by atoms with E-state index in [0.717, 1.165) is 20.6 Å². The van der Waals surface area contributed by atoms with Crippen LogP contribution >= 0.6 is 22.9 Å². The number of carbonyl (C=O) groups excluding carboxylic acids is 1. The van der Waals surface area contributed by atoms with E-state index in [1.807, 2.05) is 6.92 Å². The maximum Gasteiger partial charge on any atom is 0.337 e. The lowest BCUT2D eigenvalue weighted by atomic mass is 10.1. The van der Waals surface area contributed by atoms with E-state index in [-0.39, 0.29) is 12.5 Å². The summed E-state index contributed by atoms with van der Waals surface area (Å²) in [7, 11) is 0. The predicted octanol–water partition coefficient (Wildman–Crippen LogP) is 4.27. The largest absolute Gasteiger partial charge is 0.337 e. The van der Waals surface area contributed by atoms with Crippen molar-refractivity contribution in [2.24, 2.45) is 0 Å². The Balaban J connectivity index is 1.83. The number of aromatic nitrogens is 2. The van der Waals surface area contributed by atoms with E-state index >= 15 is 0 Å². The van der Waals surface area contributed by atoms with Gasteiger partial charge in [0, 0.05) is 23.4 Å². The van der Waals surface area contributed by atoms with Crippen molar-refractivity contribution in [3.05, 3.63) is 95.7 Å². The zero-order valence-corrected chi connectivity index (χ0v) is 20.2. The SMILES string of the molecule is CC(=O)N1CCc2c(sc3c2c(=O)n(-c2cc(Cl)ccc2C)c(=O)n3Cc2cccc(F)c2)C1. The van der Waals surface area contributed by atoms with Crippen molar-refractivity contribution < 1.29 is 9.18 Å².